The van der Waals surface area contributed by atoms with Crippen molar-refractivity contribution in [3.05, 3.63) is 113 Å². The van der Waals surface area contributed by atoms with Crippen LogP contribution in [-0.4, -0.2) is 32.3 Å². The van der Waals surface area contributed by atoms with Crippen LogP contribution in [0.2, 0.25) is 0 Å². The molecule has 4 rings (SSSR count). The van der Waals surface area contributed by atoms with Crippen LogP contribution in [0.25, 0.3) is 10.8 Å². The number of benzene rings is 4. The van der Waals surface area contributed by atoms with Gasteiger partial charge in [-0.2, -0.15) is 0 Å². The van der Waals surface area contributed by atoms with Crippen molar-refractivity contribution in [2.45, 2.75) is 18.2 Å². The van der Waals surface area contributed by atoms with Gasteiger partial charge in [-0.3, -0.25) is 19.2 Å². The summed E-state index contributed by atoms with van der Waals surface area (Å²) < 4.78 is 27.8. The van der Waals surface area contributed by atoms with Gasteiger partial charge in [0, 0.05) is 18.7 Å². The number of carbonyl (C=O) groups excluding carboxylic acids is 1. The van der Waals surface area contributed by atoms with Gasteiger partial charge in [0.05, 0.1) is 15.5 Å². The first kappa shape index (κ1) is 25.8. The lowest BCUT2D eigenvalue weighted by Gasteiger charge is -2.24. The largest absolute Gasteiger partial charge is 0.354 e. The predicted molar refractivity (Wildman–Crippen MR) is 144 cm³/mol. The molecule has 9 heteroatoms. The smallest absolute Gasteiger partial charge is 0.269 e. The summed E-state index contributed by atoms with van der Waals surface area (Å²) in [7, 11) is -4.09. The maximum atomic E-state index is 13.4. The highest BCUT2D eigenvalue weighted by molar-refractivity contribution is 7.92. The predicted octanol–water partition coefficient (Wildman–Crippen LogP) is 4.94. The van der Waals surface area contributed by atoms with Crippen molar-refractivity contribution in [2.24, 2.45) is 5.92 Å². The van der Waals surface area contributed by atoms with Crippen molar-refractivity contribution in [1.29, 1.82) is 0 Å². The first-order chi connectivity index (χ1) is 17.8. The van der Waals surface area contributed by atoms with Crippen molar-refractivity contribution in [3.63, 3.8) is 0 Å². The third-order valence-corrected chi connectivity index (χ3v) is 7.85. The molecule has 1 unspecified atom stereocenters. The number of hydrogen-bond donors (Lipinski definition) is 1. The molecule has 0 heterocycles. The number of sulfonamides is 1. The highest BCUT2D eigenvalue weighted by Crippen LogP contribution is 2.26. The minimum Gasteiger partial charge on any atom is -0.354 e. The molecule has 190 valence electrons. The second-order valence-corrected chi connectivity index (χ2v) is 10.7. The van der Waals surface area contributed by atoms with Crippen LogP contribution in [0.4, 0.5) is 11.4 Å². The van der Waals surface area contributed by atoms with Gasteiger partial charge < -0.3 is 5.32 Å². The van der Waals surface area contributed by atoms with Crippen molar-refractivity contribution in [3.8, 4) is 0 Å². The topological polar surface area (TPSA) is 110 Å². The number of anilines is 1. The van der Waals surface area contributed by atoms with Crippen LogP contribution in [-0.2, 0) is 21.2 Å². The van der Waals surface area contributed by atoms with Crippen molar-refractivity contribution >= 4 is 38.1 Å². The third-order valence-electron chi connectivity index (χ3n) is 6.06. The van der Waals surface area contributed by atoms with Crippen LogP contribution in [0.3, 0.4) is 0 Å². The van der Waals surface area contributed by atoms with Crippen LogP contribution in [0.15, 0.2) is 102 Å². The summed E-state index contributed by atoms with van der Waals surface area (Å²) in [6.45, 7) is 1.93. The quantitative estimate of drug-likeness (QED) is 0.237. The maximum Gasteiger partial charge on any atom is 0.269 e. The Labute approximate surface area is 215 Å². The fourth-order valence-electron chi connectivity index (χ4n) is 4.17. The Hall–Kier alpha value is -4.24. The number of carbonyl (C=O) groups is 1. The second-order valence-electron chi connectivity index (χ2n) is 8.85. The lowest BCUT2D eigenvalue weighted by Crippen LogP contribution is -2.42. The molecule has 37 heavy (non-hydrogen) atoms. The van der Waals surface area contributed by atoms with Crippen molar-refractivity contribution in [2.75, 3.05) is 17.4 Å². The molecule has 4 aromatic carbocycles. The van der Waals surface area contributed by atoms with E-state index in [1.807, 2.05) is 25.1 Å². The van der Waals surface area contributed by atoms with E-state index < -0.39 is 27.4 Å². The minimum atomic E-state index is -4.09. The fraction of sp³-hybridized carbons (Fsp3) is 0.179. The maximum absolute atomic E-state index is 13.4. The van der Waals surface area contributed by atoms with E-state index in [0.29, 0.717) is 6.54 Å². The lowest BCUT2D eigenvalue weighted by molar-refractivity contribution is -0.384. The zero-order valence-electron chi connectivity index (χ0n) is 20.3. The van der Waals surface area contributed by atoms with E-state index in [1.165, 1.54) is 47.3 Å². The number of nitro benzene ring substituents is 1. The fourth-order valence-corrected chi connectivity index (χ4v) is 5.61. The molecule has 0 aromatic heterocycles. The standard InChI is InChI=1S/C28H27N3O5S/c1-21(18-23-10-7-9-22-8-5-6-13-27(22)23)19-29-28(32)20-30(24-14-16-25(17-15-24)31(33)34)37(35,36)26-11-3-2-4-12-26/h2-17,21H,18-20H2,1H3,(H,29,32). The summed E-state index contributed by atoms with van der Waals surface area (Å²) in [5.74, 6) is -0.365. The third kappa shape index (κ3) is 6.13. The Morgan fingerprint density at radius 1 is 0.919 bits per heavy atom. The first-order valence-corrected chi connectivity index (χ1v) is 13.3. The van der Waals surface area contributed by atoms with Crippen molar-refractivity contribution in [1.82, 2.24) is 5.32 Å². The monoisotopic (exact) mass is 517 g/mol. The van der Waals surface area contributed by atoms with Gasteiger partial charge in [-0.1, -0.05) is 67.6 Å². The number of nitrogens with zero attached hydrogens (tertiary/aromatic N) is 2. The Morgan fingerprint density at radius 2 is 1.57 bits per heavy atom. The number of fused-ring (bicyclic) bond motifs is 1. The van der Waals surface area contributed by atoms with Crippen LogP contribution in [0.5, 0.6) is 0 Å². The molecule has 0 radical (unpaired) electrons. The molecule has 0 saturated heterocycles. The molecule has 1 N–H and O–H groups in total. The number of non-ortho nitro benzene ring substituents is 1. The summed E-state index contributed by atoms with van der Waals surface area (Å²) in [5, 5.41) is 16.2. The lowest BCUT2D eigenvalue weighted by atomic mass is 9.96. The van der Waals surface area contributed by atoms with Gasteiger partial charge in [-0.25, -0.2) is 8.42 Å². The highest BCUT2D eigenvalue weighted by Gasteiger charge is 2.27. The number of amides is 1. The molecule has 0 aliphatic carbocycles. The van der Waals surface area contributed by atoms with E-state index in [9.17, 15) is 23.3 Å². The van der Waals surface area contributed by atoms with Crippen LogP contribution in [0.1, 0.15) is 12.5 Å². The molecule has 8 nitrogen and oxygen atoms in total. The van der Waals surface area contributed by atoms with Gasteiger partial charge in [0.25, 0.3) is 15.7 Å². The molecular formula is C28H27N3O5S. The Balaban J connectivity index is 1.49. The second kappa shape index (κ2) is 11.2. The summed E-state index contributed by atoms with van der Waals surface area (Å²) >= 11 is 0. The Morgan fingerprint density at radius 3 is 2.27 bits per heavy atom. The average molecular weight is 518 g/mol. The number of nitrogens with one attached hydrogen (secondary N) is 1. The molecule has 4 aromatic rings. The minimum absolute atomic E-state index is 0.0190. The van der Waals surface area contributed by atoms with E-state index >= 15 is 0 Å². The summed E-state index contributed by atoms with van der Waals surface area (Å²) in [5.41, 5.74) is 1.17. The van der Waals surface area contributed by atoms with Crippen LogP contribution < -0.4 is 9.62 Å². The molecule has 0 bridgehead atoms. The number of rotatable bonds is 10. The van der Waals surface area contributed by atoms with E-state index in [-0.39, 0.29) is 22.2 Å². The molecule has 0 spiro atoms. The molecule has 0 fully saturated rings. The molecule has 0 aliphatic rings. The zero-order valence-corrected chi connectivity index (χ0v) is 21.1. The SMILES string of the molecule is CC(CNC(=O)CN(c1ccc([N+](=O)[O-])cc1)S(=O)(=O)c1ccccc1)Cc1cccc2ccccc12. The zero-order chi connectivity index (χ0) is 26.4. The number of nitro groups is 1. The van der Waals surface area contributed by atoms with Gasteiger partial charge in [0.15, 0.2) is 0 Å². The molecule has 0 saturated carbocycles. The van der Waals surface area contributed by atoms with Gasteiger partial charge in [0.1, 0.15) is 6.54 Å². The van der Waals surface area contributed by atoms with Gasteiger partial charge in [-0.05, 0) is 52.9 Å². The van der Waals surface area contributed by atoms with Gasteiger partial charge in [0.2, 0.25) is 5.91 Å². The normalized spacial score (nSPS) is 12.1. The number of hydrogen-bond acceptors (Lipinski definition) is 5. The van der Waals surface area contributed by atoms with Crippen LogP contribution in [0, 0.1) is 16.0 Å². The van der Waals surface area contributed by atoms with E-state index in [2.05, 4.69) is 29.6 Å². The Kier molecular flexibility index (Phi) is 7.83. The molecule has 1 atom stereocenters. The molecule has 1 amide bonds. The van der Waals surface area contributed by atoms with Crippen LogP contribution >= 0.6 is 0 Å². The molecular weight excluding hydrogens is 490 g/mol. The van der Waals surface area contributed by atoms with E-state index in [1.54, 1.807) is 18.2 Å². The summed E-state index contributed by atoms with van der Waals surface area (Å²) in [4.78, 5) is 23.4. The van der Waals surface area contributed by atoms with E-state index in [0.717, 1.165) is 16.1 Å². The van der Waals surface area contributed by atoms with Gasteiger partial charge in [-0.15, -0.1) is 0 Å². The molecule has 0 aliphatic heterocycles. The van der Waals surface area contributed by atoms with Gasteiger partial charge >= 0.3 is 0 Å². The summed E-state index contributed by atoms with van der Waals surface area (Å²) in [6, 6.07) is 27.1. The first-order valence-electron chi connectivity index (χ1n) is 11.8. The summed E-state index contributed by atoms with van der Waals surface area (Å²) in [6.07, 6.45) is 0.746. The highest BCUT2D eigenvalue weighted by atomic mass is 32.2. The Bertz CT molecular complexity index is 1500. The average Bonchev–Trinajstić information content (AvgIpc) is 2.91. The van der Waals surface area contributed by atoms with Crippen molar-refractivity contribution < 1.29 is 18.1 Å². The van der Waals surface area contributed by atoms with E-state index in [4.69, 9.17) is 0 Å².